The van der Waals surface area contributed by atoms with Crippen LogP contribution in [0.1, 0.15) is 24.5 Å². The first-order valence-electron chi connectivity index (χ1n) is 7.43. The van der Waals surface area contributed by atoms with Gasteiger partial charge in [0.2, 0.25) is 5.91 Å². The number of carbonyl (C=O) groups is 1. The molecule has 1 aromatic carbocycles. The number of rotatable bonds is 3. The summed E-state index contributed by atoms with van der Waals surface area (Å²) in [5.41, 5.74) is 2.58. The van der Waals surface area contributed by atoms with Crippen molar-refractivity contribution in [1.82, 2.24) is 10.6 Å². The molecule has 3 rings (SSSR count). The summed E-state index contributed by atoms with van der Waals surface area (Å²) in [4.78, 5) is 12.3. The molecule has 0 bridgehead atoms. The first-order chi connectivity index (χ1) is 9.74. The van der Waals surface area contributed by atoms with Gasteiger partial charge in [-0.3, -0.25) is 4.79 Å². The van der Waals surface area contributed by atoms with Crippen LogP contribution < -0.4 is 10.6 Å². The standard InChI is InChI=1S/C16H22N2O2/c1-11-13(6-7-20-11)9-18-16(19)15-8-12-4-2-3-5-14(12)10-17-15/h2-5,11,13,15,17H,6-10H2,1H3,(H,18,19)/t11?,13?,15-/m1/s1. The predicted molar refractivity (Wildman–Crippen MR) is 77.3 cm³/mol. The first kappa shape index (κ1) is 13.6. The van der Waals surface area contributed by atoms with E-state index in [1.54, 1.807) is 0 Å². The summed E-state index contributed by atoms with van der Waals surface area (Å²) >= 11 is 0. The molecule has 2 heterocycles. The van der Waals surface area contributed by atoms with Crippen LogP contribution >= 0.6 is 0 Å². The third kappa shape index (κ3) is 2.86. The minimum absolute atomic E-state index is 0.109. The number of benzene rings is 1. The molecule has 20 heavy (non-hydrogen) atoms. The molecule has 1 aromatic rings. The lowest BCUT2D eigenvalue weighted by molar-refractivity contribution is -0.123. The maximum Gasteiger partial charge on any atom is 0.237 e. The molecule has 1 saturated heterocycles. The average molecular weight is 274 g/mol. The Balaban J connectivity index is 1.54. The molecular weight excluding hydrogens is 252 g/mol. The summed E-state index contributed by atoms with van der Waals surface area (Å²) in [6.45, 7) is 4.40. The number of ether oxygens (including phenoxy) is 1. The molecule has 4 nitrogen and oxygen atoms in total. The van der Waals surface area contributed by atoms with Crippen LogP contribution in [0.15, 0.2) is 24.3 Å². The highest BCUT2D eigenvalue weighted by molar-refractivity contribution is 5.82. The van der Waals surface area contributed by atoms with Gasteiger partial charge in [-0.2, -0.15) is 0 Å². The van der Waals surface area contributed by atoms with E-state index in [2.05, 4.69) is 29.7 Å². The molecular formula is C16H22N2O2. The van der Waals surface area contributed by atoms with Crippen LogP contribution in [0.4, 0.5) is 0 Å². The molecule has 2 aliphatic heterocycles. The van der Waals surface area contributed by atoms with E-state index in [-0.39, 0.29) is 18.1 Å². The molecule has 2 aliphatic rings. The Morgan fingerprint density at radius 3 is 2.95 bits per heavy atom. The third-order valence-corrected chi connectivity index (χ3v) is 4.47. The highest BCUT2D eigenvalue weighted by Gasteiger charge is 2.27. The summed E-state index contributed by atoms with van der Waals surface area (Å²) in [5, 5.41) is 6.39. The monoisotopic (exact) mass is 274 g/mol. The number of carbonyl (C=O) groups excluding carboxylic acids is 1. The Hall–Kier alpha value is -1.39. The van der Waals surface area contributed by atoms with Crippen LogP contribution in [-0.4, -0.2) is 31.2 Å². The van der Waals surface area contributed by atoms with Crippen molar-refractivity contribution in [2.45, 2.75) is 38.5 Å². The molecule has 0 saturated carbocycles. The van der Waals surface area contributed by atoms with Gasteiger partial charge in [-0.1, -0.05) is 24.3 Å². The Bertz CT molecular complexity index is 489. The van der Waals surface area contributed by atoms with Crippen molar-refractivity contribution in [3.05, 3.63) is 35.4 Å². The third-order valence-electron chi connectivity index (χ3n) is 4.47. The fraction of sp³-hybridized carbons (Fsp3) is 0.562. The maximum atomic E-state index is 12.3. The smallest absolute Gasteiger partial charge is 0.237 e. The summed E-state index contributed by atoms with van der Waals surface area (Å²) in [7, 11) is 0. The fourth-order valence-electron chi connectivity index (χ4n) is 3.04. The molecule has 0 aromatic heterocycles. The lowest BCUT2D eigenvalue weighted by atomic mass is 9.95. The van der Waals surface area contributed by atoms with E-state index in [0.29, 0.717) is 5.92 Å². The van der Waals surface area contributed by atoms with Crippen LogP contribution in [0.3, 0.4) is 0 Å². The van der Waals surface area contributed by atoms with Crippen LogP contribution in [0.25, 0.3) is 0 Å². The maximum absolute atomic E-state index is 12.3. The fourth-order valence-corrected chi connectivity index (χ4v) is 3.04. The number of amides is 1. The van der Waals surface area contributed by atoms with Crippen LogP contribution in [0.2, 0.25) is 0 Å². The van der Waals surface area contributed by atoms with E-state index in [4.69, 9.17) is 4.74 Å². The van der Waals surface area contributed by atoms with Gasteiger partial charge in [-0.15, -0.1) is 0 Å². The molecule has 0 aliphatic carbocycles. The summed E-state index contributed by atoms with van der Waals surface area (Å²) in [6, 6.07) is 8.21. The Kier molecular flexibility index (Phi) is 4.03. The molecule has 1 amide bonds. The highest BCUT2D eigenvalue weighted by Crippen LogP contribution is 2.20. The second-order valence-corrected chi connectivity index (χ2v) is 5.78. The van der Waals surface area contributed by atoms with E-state index < -0.39 is 0 Å². The second-order valence-electron chi connectivity index (χ2n) is 5.78. The van der Waals surface area contributed by atoms with Gasteiger partial charge < -0.3 is 15.4 Å². The number of fused-ring (bicyclic) bond motifs is 1. The van der Waals surface area contributed by atoms with E-state index in [9.17, 15) is 4.79 Å². The minimum atomic E-state index is -0.109. The molecule has 4 heteroatoms. The van der Waals surface area contributed by atoms with Crippen molar-refractivity contribution < 1.29 is 9.53 Å². The minimum Gasteiger partial charge on any atom is -0.378 e. The molecule has 2 unspecified atom stereocenters. The van der Waals surface area contributed by atoms with E-state index in [1.807, 2.05) is 12.1 Å². The molecule has 2 N–H and O–H groups in total. The van der Waals surface area contributed by atoms with Crippen molar-refractivity contribution >= 4 is 5.91 Å². The zero-order valence-electron chi connectivity index (χ0n) is 11.9. The Morgan fingerprint density at radius 1 is 1.40 bits per heavy atom. The second kappa shape index (κ2) is 5.94. The van der Waals surface area contributed by atoms with Gasteiger partial charge in [0.25, 0.3) is 0 Å². The largest absolute Gasteiger partial charge is 0.378 e. The lowest BCUT2D eigenvalue weighted by Gasteiger charge is -2.26. The SMILES string of the molecule is CC1OCCC1CNC(=O)[C@H]1Cc2ccccc2CN1. The lowest BCUT2D eigenvalue weighted by Crippen LogP contribution is -2.48. The Labute approximate surface area is 119 Å². The van der Waals surface area contributed by atoms with E-state index in [1.165, 1.54) is 11.1 Å². The van der Waals surface area contributed by atoms with Crippen molar-refractivity contribution in [2.75, 3.05) is 13.2 Å². The van der Waals surface area contributed by atoms with Gasteiger partial charge in [-0.25, -0.2) is 0 Å². The molecule has 3 atom stereocenters. The summed E-state index contributed by atoms with van der Waals surface area (Å²) in [6.07, 6.45) is 2.08. The highest BCUT2D eigenvalue weighted by atomic mass is 16.5. The van der Waals surface area contributed by atoms with Gasteiger partial charge >= 0.3 is 0 Å². The van der Waals surface area contributed by atoms with Crippen molar-refractivity contribution in [2.24, 2.45) is 5.92 Å². The topological polar surface area (TPSA) is 50.4 Å². The van der Waals surface area contributed by atoms with Crippen molar-refractivity contribution in [3.8, 4) is 0 Å². The average Bonchev–Trinajstić information content (AvgIpc) is 2.89. The quantitative estimate of drug-likeness (QED) is 0.872. The van der Waals surface area contributed by atoms with Crippen molar-refractivity contribution in [3.63, 3.8) is 0 Å². The zero-order chi connectivity index (χ0) is 13.9. The van der Waals surface area contributed by atoms with Gasteiger partial charge in [-0.05, 0) is 30.9 Å². The Morgan fingerprint density at radius 2 is 2.20 bits per heavy atom. The summed E-state index contributed by atoms with van der Waals surface area (Å²) < 4.78 is 5.52. The molecule has 1 fully saturated rings. The zero-order valence-corrected chi connectivity index (χ0v) is 11.9. The first-order valence-corrected chi connectivity index (χ1v) is 7.43. The number of nitrogens with one attached hydrogen (secondary N) is 2. The van der Waals surface area contributed by atoms with Crippen LogP contribution in [0.5, 0.6) is 0 Å². The van der Waals surface area contributed by atoms with Gasteiger partial charge in [0, 0.05) is 25.6 Å². The van der Waals surface area contributed by atoms with Crippen LogP contribution in [-0.2, 0) is 22.5 Å². The van der Waals surface area contributed by atoms with Gasteiger partial charge in [0.05, 0.1) is 12.1 Å². The van der Waals surface area contributed by atoms with Gasteiger partial charge in [0.1, 0.15) is 0 Å². The predicted octanol–water partition coefficient (Wildman–Crippen LogP) is 1.24. The normalized spacial score (nSPS) is 28.9. The van der Waals surface area contributed by atoms with Crippen molar-refractivity contribution in [1.29, 1.82) is 0 Å². The van der Waals surface area contributed by atoms with Crippen LogP contribution in [0, 0.1) is 5.92 Å². The number of hydrogen-bond acceptors (Lipinski definition) is 3. The molecule has 0 radical (unpaired) electrons. The van der Waals surface area contributed by atoms with E-state index in [0.717, 1.165) is 32.5 Å². The van der Waals surface area contributed by atoms with Gasteiger partial charge in [0.15, 0.2) is 0 Å². The summed E-state index contributed by atoms with van der Waals surface area (Å²) in [5.74, 6) is 0.563. The molecule has 0 spiro atoms. The molecule has 108 valence electrons. The van der Waals surface area contributed by atoms with E-state index >= 15 is 0 Å². The number of hydrogen-bond donors (Lipinski definition) is 2.